The van der Waals surface area contributed by atoms with Gasteiger partial charge in [-0.25, -0.2) is 17.9 Å². The van der Waals surface area contributed by atoms with Crippen molar-refractivity contribution in [1.29, 1.82) is 0 Å². The summed E-state index contributed by atoms with van der Waals surface area (Å²) in [4.78, 5) is -0.0457. The minimum absolute atomic E-state index is 0.0419. The van der Waals surface area contributed by atoms with E-state index < -0.39 is 15.8 Å². The predicted octanol–water partition coefficient (Wildman–Crippen LogP) is 3.47. The van der Waals surface area contributed by atoms with Crippen molar-refractivity contribution < 1.29 is 17.5 Å². The van der Waals surface area contributed by atoms with Gasteiger partial charge in [0.15, 0.2) is 0 Å². The lowest BCUT2D eigenvalue weighted by atomic mass is 10.2. The van der Waals surface area contributed by atoms with E-state index >= 15 is 0 Å². The van der Waals surface area contributed by atoms with Crippen LogP contribution in [-0.2, 0) is 16.6 Å². The maximum atomic E-state index is 13.5. The molecular formula is C13H10BrClFNO3S. The molecule has 0 saturated carbocycles. The number of halogens is 3. The SMILES string of the molecule is NS(=O)(=O)c1ccc(OCc2cc(Cl)ccc2F)c(Br)c1. The van der Waals surface area contributed by atoms with Crippen LogP contribution in [0, 0.1) is 5.82 Å². The molecule has 21 heavy (non-hydrogen) atoms. The van der Waals surface area contributed by atoms with Crippen molar-refractivity contribution in [2.24, 2.45) is 5.14 Å². The van der Waals surface area contributed by atoms with Crippen LogP contribution in [0.5, 0.6) is 5.75 Å². The number of benzene rings is 2. The van der Waals surface area contributed by atoms with Crippen LogP contribution < -0.4 is 9.88 Å². The second kappa shape index (κ2) is 6.31. The van der Waals surface area contributed by atoms with E-state index in [0.717, 1.165) is 0 Å². The molecule has 0 aliphatic rings. The molecule has 4 nitrogen and oxygen atoms in total. The molecule has 0 amide bonds. The van der Waals surface area contributed by atoms with Crippen LogP contribution >= 0.6 is 27.5 Å². The minimum Gasteiger partial charge on any atom is -0.488 e. The third-order valence-electron chi connectivity index (χ3n) is 2.62. The maximum Gasteiger partial charge on any atom is 0.238 e. The first kappa shape index (κ1) is 16.2. The highest BCUT2D eigenvalue weighted by molar-refractivity contribution is 9.10. The van der Waals surface area contributed by atoms with Gasteiger partial charge in [0.25, 0.3) is 0 Å². The van der Waals surface area contributed by atoms with Gasteiger partial charge in [0.1, 0.15) is 18.2 Å². The van der Waals surface area contributed by atoms with Gasteiger partial charge in [-0.05, 0) is 52.3 Å². The standard InChI is InChI=1S/C13H10BrClFNO3S/c14-11-6-10(21(17,18)19)2-4-13(11)20-7-8-5-9(15)1-3-12(8)16/h1-6H,7H2,(H2,17,18,19). The zero-order valence-electron chi connectivity index (χ0n) is 10.5. The Morgan fingerprint density at radius 3 is 2.57 bits per heavy atom. The van der Waals surface area contributed by atoms with E-state index in [1.54, 1.807) is 0 Å². The van der Waals surface area contributed by atoms with E-state index in [-0.39, 0.29) is 11.5 Å². The zero-order valence-corrected chi connectivity index (χ0v) is 13.7. The Balaban J connectivity index is 2.19. The van der Waals surface area contributed by atoms with Crippen LogP contribution in [0.25, 0.3) is 0 Å². The lowest BCUT2D eigenvalue weighted by Gasteiger charge is -2.10. The summed E-state index contributed by atoms with van der Waals surface area (Å²) in [5.41, 5.74) is 0.296. The fraction of sp³-hybridized carbons (Fsp3) is 0.0769. The normalized spacial score (nSPS) is 11.4. The van der Waals surface area contributed by atoms with Crippen LogP contribution in [0.4, 0.5) is 4.39 Å². The smallest absolute Gasteiger partial charge is 0.238 e. The molecule has 2 aromatic rings. The molecule has 0 aromatic heterocycles. The number of rotatable bonds is 4. The van der Waals surface area contributed by atoms with Crippen LogP contribution in [-0.4, -0.2) is 8.42 Å². The summed E-state index contributed by atoms with van der Waals surface area (Å²) in [6, 6.07) is 8.22. The Kier molecular flexibility index (Phi) is 4.88. The molecule has 0 heterocycles. The van der Waals surface area contributed by atoms with Gasteiger partial charge in [-0.2, -0.15) is 0 Å². The molecule has 2 N–H and O–H groups in total. The number of primary sulfonamides is 1. The minimum atomic E-state index is -3.78. The lowest BCUT2D eigenvalue weighted by Crippen LogP contribution is -2.12. The van der Waals surface area contributed by atoms with Crippen molar-refractivity contribution in [2.75, 3.05) is 0 Å². The van der Waals surface area contributed by atoms with E-state index in [1.165, 1.54) is 36.4 Å². The Labute approximate surface area is 134 Å². The van der Waals surface area contributed by atoms with Gasteiger partial charge in [0.2, 0.25) is 10.0 Å². The first-order chi connectivity index (χ1) is 9.77. The fourth-order valence-electron chi connectivity index (χ4n) is 1.59. The molecule has 0 atom stereocenters. The highest BCUT2D eigenvalue weighted by atomic mass is 79.9. The number of sulfonamides is 1. The third kappa shape index (κ3) is 4.16. The topological polar surface area (TPSA) is 69.4 Å². The molecule has 0 aliphatic heterocycles. The second-order valence-electron chi connectivity index (χ2n) is 4.16. The summed E-state index contributed by atoms with van der Waals surface area (Å²) in [5, 5.41) is 5.43. The molecule has 0 unspecified atom stereocenters. The van der Waals surface area contributed by atoms with Crippen molar-refractivity contribution in [3.05, 3.63) is 57.3 Å². The predicted molar refractivity (Wildman–Crippen MR) is 81.3 cm³/mol. The number of ether oxygens (including phenoxy) is 1. The maximum absolute atomic E-state index is 13.5. The first-order valence-electron chi connectivity index (χ1n) is 5.66. The largest absolute Gasteiger partial charge is 0.488 e. The van der Waals surface area contributed by atoms with Crippen molar-refractivity contribution in [3.8, 4) is 5.75 Å². The van der Waals surface area contributed by atoms with Crippen LogP contribution in [0.3, 0.4) is 0 Å². The number of nitrogens with two attached hydrogens (primary N) is 1. The molecule has 8 heteroatoms. The second-order valence-corrected chi connectivity index (χ2v) is 7.01. The molecule has 0 aliphatic carbocycles. The fourth-order valence-corrected chi connectivity index (χ4v) is 2.96. The summed E-state index contributed by atoms with van der Waals surface area (Å²) in [6.45, 7) is -0.0419. The summed E-state index contributed by atoms with van der Waals surface area (Å²) in [6.07, 6.45) is 0. The molecule has 2 rings (SSSR count). The monoisotopic (exact) mass is 393 g/mol. The first-order valence-corrected chi connectivity index (χ1v) is 8.38. The molecule has 2 aromatic carbocycles. The highest BCUT2D eigenvalue weighted by Crippen LogP contribution is 2.28. The molecule has 0 spiro atoms. The van der Waals surface area contributed by atoms with E-state index in [4.69, 9.17) is 21.5 Å². The van der Waals surface area contributed by atoms with Crippen molar-refractivity contribution in [2.45, 2.75) is 11.5 Å². The average molecular weight is 395 g/mol. The number of hydrogen-bond donors (Lipinski definition) is 1. The van der Waals surface area contributed by atoms with Gasteiger partial charge in [0.05, 0.1) is 9.37 Å². The highest BCUT2D eigenvalue weighted by Gasteiger charge is 2.12. The Hall–Kier alpha value is -1.15. The van der Waals surface area contributed by atoms with Crippen molar-refractivity contribution >= 4 is 37.6 Å². The van der Waals surface area contributed by atoms with E-state index in [1.807, 2.05) is 0 Å². The molecule has 112 valence electrons. The van der Waals surface area contributed by atoms with Gasteiger partial charge >= 0.3 is 0 Å². The molecule has 0 bridgehead atoms. The quantitative estimate of drug-likeness (QED) is 0.863. The molecule has 0 fully saturated rings. The molecular weight excluding hydrogens is 385 g/mol. The van der Waals surface area contributed by atoms with Gasteiger partial charge in [-0.3, -0.25) is 0 Å². The van der Waals surface area contributed by atoms with Gasteiger partial charge < -0.3 is 4.74 Å². The zero-order chi connectivity index (χ0) is 15.6. The van der Waals surface area contributed by atoms with Crippen molar-refractivity contribution in [1.82, 2.24) is 0 Å². The Morgan fingerprint density at radius 1 is 1.24 bits per heavy atom. The summed E-state index contributed by atoms with van der Waals surface area (Å²) >= 11 is 8.97. The van der Waals surface area contributed by atoms with E-state index in [0.29, 0.717) is 20.8 Å². The lowest BCUT2D eigenvalue weighted by molar-refractivity contribution is 0.298. The Bertz CT molecular complexity index is 783. The van der Waals surface area contributed by atoms with Gasteiger partial charge in [0, 0.05) is 10.6 Å². The Morgan fingerprint density at radius 2 is 1.95 bits per heavy atom. The summed E-state index contributed by atoms with van der Waals surface area (Å²) in [5.74, 6) is -0.0709. The van der Waals surface area contributed by atoms with E-state index in [2.05, 4.69) is 15.9 Å². The van der Waals surface area contributed by atoms with Crippen LogP contribution in [0.1, 0.15) is 5.56 Å². The van der Waals surface area contributed by atoms with Crippen LogP contribution in [0.15, 0.2) is 45.8 Å². The average Bonchev–Trinajstić information content (AvgIpc) is 2.40. The van der Waals surface area contributed by atoms with Gasteiger partial charge in [-0.1, -0.05) is 11.6 Å². The van der Waals surface area contributed by atoms with Gasteiger partial charge in [-0.15, -0.1) is 0 Å². The summed E-state index contributed by atoms with van der Waals surface area (Å²) in [7, 11) is -3.78. The number of hydrogen-bond acceptors (Lipinski definition) is 3. The molecule has 0 radical (unpaired) electrons. The summed E-state index contributed by atoms with van der Waals surface area (Å²) < 4.78 is 41.8. The third-order valence-corrected chi connectivity index (χ3v) is 4.39. The van der Waals surface area contributed by atoms with Crippen LogP contribution in [0.2, 0.25) is 5.02 Å². The van der Waals surface area contributed by atoms with E-state index in [9.17, 15) is 12.8 Å². The van der Waals surface area contributed by atoms with Crippen molar-refractivity contribution in [3.63, 3.8) is 0 Å². The molecule has 0 saturated heterocycles.